The van der Waals surface area contributed by atoms with E-state index in [1.165, 1.54) is 28.5 Å². The topological polar surface area (TPSA) is 29.9 Å². The predicted octanol–water partition coefficient (Wildman–Crippen LogP) is 3.38. The Balaban J connectivity index is 2.27. The van der Waals surface area contributed by atoms with Crippen molar-refractivity contribution in [2.45, 2.75) is 52.5 Å². The van der Waals surface area contributed by atoms with Gasteiger partial charge in [0.2, 0.25) is 0 Å². The van der Waals surface area contributed by atoms with Crippen LogP contribution in [0.15, 0.2) is 24.3 Å². The normalized spacial score (nSPS) is 15.0. The molecule has 1 aliphatic heterocycles. The summed E-state index contributed by atoms with van der Waals surface area (Å²) in [5.74, 6) is 1.18. The molecule has 0 saturated carbocycles. The molecule has 3 nitrogen and oxygen atoms in total. The molecule has 0 radical (unpaired) electrons. The van der Waals surface area contributed by atoms with Crippen LogP contribution in [0.3, 0.4) is 0 Å². The van der Waals surface area contributed by atoms with Crippen molar-refractivity contribution in [3.63, 3.8) is 0 Å². The molecule has 0 atom stereocenters. The van der Waals surface area contributed by atoms with E-state index in [4.69, 9.17) is 4.98 Å². The fourth-order valence-corrected chi connectivity index (χ4v) is 3.10. The molecule has 2 aromatic rings. The number of fused-ring (bicyclic) bond motifs is 1. The van der Waals surface area contributed by atoms with Crippen LogP contribution in [0, 0.1) is 0 Å². The van der Waals surface area contributed by atoms with E-state index in [2.05, 4.69) is 61.8 Å². The minimum Gasteiger partial charge on any atom is -0.311 e. The standard InChI is InChI=1S/C18H25N3/c1-5-13-8-6-7-9-15(13)21-16-10-11-19-12-14(16)20-17(21)18(2,3)4/h6-9,19H,5,10-12H2,1-4H3. The Morgan fingerprint density at radius 1 is 1.24 bits per heavy atom. The van der Waals surface area contributed by atoms with E-state index in [1.807, 2.05) is 0 Å². The van der Waals surface area contributed by atoms with Crippen molar-refractivity contribution >= 4 is 0 Å². The smallest absolute Gasteiger partial charge is 0.119 e. The molecular formula is C18H25N3. The van der Waals surface area contributed by atoms with Crippen LogP contribution >= 0.6 is 0 Å². The first-order chi connectivity index (χ1) is 10.0. The molecule has 21 heavy (non-hydrogen) atoms. The highest BCUT2D eigenvalue weighted by Gasteiger charge is 2.28. The second kappa shape index (κ2) is 5.30. The largest absolute Gasteiger partial charge is 0.311 e. The van der Waals surface area contributed by atoms with Gasteiger partial charge in [0.05, 0.1) is 11.4 Å². The van der Waals surface area contributed by atoms with Gasteiger partial charge < -0.3 is 5.32 Å². The van der Waals surface area contributed by atoms with E-state index in [0.29, 0.717) is 0 Å². The van der Waals surface area contributed by atoms with Crippen LogP contribution in [0.1, 0.15) is 50.5 Å². The zero-order chi connectivity index (χ0) is 15.0. The van der Waals surface area contributed by atoms with Crippen LogP contribution < -0.4 is 5.32 Å². The molecule has 0 spiro atoms. The van der Waals surface area contributed by atoms with Crippen molar-refractivity contribution in [2.24, 2.45) is 0 Å². The average Bonchev–Trinajstić information content (AvgIpc) is 2.86. The minimum absolute atomic E-state index is 0.0399. The first-order valence-corrected chi connectivity index (χ1v) is 7.92. The molecule has 1 aromatic carbocycles. The predicted molar refractivity (Wildman–Crippen MR) is 87.1 cm³/mol. The Morgan fingerprint density at radius 3 is 2.71 bits per heavy atom. The summed E-state index contributed by atoms with van der Waals surface area (Å²) in [6.45, 7) is 10.9. The third-order valence-corrected chi connectivity index (χ3v) is 4.17. The SMILES string of the molecule is CCc1ccccc1-n1c(C(C)(C)C)nc2c1CCNC2. The quantitative estimate of drug-likeness (QED) is 0.915. The first-order valence-electron chi connectivity index (χ1n) is 7.92. The lowest BCUT2D eigenvalue weighted by atomic mass is 9.95. The van der Waals surface area contributed by atoms with Gasteiger partial charge in [0.15, 0.2) is 0 Å². The fourth-order valence-electron chi connectivity index (χ4n) is 3.10. The van der Waals surface area contributed by atoms with Crippen LogP contribution in [-0.2, 0) is 24.8 Å². The number of rotatable bonds is 2. The van der Waals surface area contributed by atoms with E-state index < -0.39 is 0 Å². The van der Waals surface area contributed by atoms with Gasteiger partial charge in [-0.25, -0.2) is 4.98 Å². The molecule has 1 aliphatic rings. The Morgan fingerprint density at radius 2 is 2.00 bits per heavy atom. The molecule has 3 heteroatoms. The molecular weight excluding hydrogens is 258 g/mol. The van der Waals surface area contributed by atoms with Crippen LogP contribution in [0.2, 0.25) is 0 Å². The molecule has 112 valence electrons. The Labute approximate surface area is 127 Å². The average molecular weight is 283 g/mol. The maximum absolute atomic E-state index is 4.97. The Bertz CT molecular complexity index is 647. The molecule has 3 rings (SSSR count). The summed E-state index contributed by atoms with van der Waals surface area (Å²) in [6, 6.07) is 8.73. The Hall–Kier alpha value is -1.61. The summed E-state index contributed by atoms with van der Waals surface area (Å²) in [5, 5.41) is 3.44. The van der Waals surface area contributed by atoms with Crippen molar-refractivity contribution in [1.29, 1.82) is 0 Å². The lowest BCUT2D eigenvalue weighted by molar-refractivity contribution is 0.532. The zero-order valence-corrected chi connectivity index (χ0v) is 13.5. The zero-order valence-electron chi connectivity index (χ0n) is 13.5. The highest BCUT2D eigenvalue weighted by Crippen LogP contribution is 2.30. The number of aromatic nitrogens is 2. The van der Waals surface area contributed by atoms with Crippen LogP contribution in [0.5, 0.6) is 0 Å². The number of nitrogens with one attached hydrogen (secondary N) is 1. The highest BCUT2D eigenvalue weighted by molar-refractivity contribution is 5.46. The Kier molecular flexibility index (Phi) is 3.62. The maximum Gasteiger partial charge on any atom is 0.119 e. The van der Waals surface area contributed by atoms with Crippen molar-refractivity contribution in [2.75, 3.05) is 6.54 Å². The van der Waals surface area contributed by atoms with Gasteiger partial charge in [-0.1, -0.05) is 45.9 Å². The van der Waals surface area contributed by atoms with E-state index in [9.17, 15) is 0 Å². The van der Waals surface area contributed by atoms with Crippen molar-refractivity contribution in [3.8, 4) is 5.69 Å². The summed E-state index contributed by atoms with van der Waals surface area (Å²) in [4.78, 5) is 4.97. The van der Waals surface area contributed by atoms with E-state index >= 15 is 0 Å². The molecule has 2 heterocycles. The monoisotopic (exact) mass is 283 g/mol. The molecule has 0 aliphatic carbocycles. The van der Waals surface area contributed by atoms with E-state index in [1.54, 1.807) is 0 Å². The van der Waals surface area contributed by atoms with Gasteiger partial charge in [-0.05, 0) is 18.1 Å². The summed E-state index contributed by atoms with van der Waals surface area (Å²) in [6.07, 6.45) is 2.10. The van der Waals surface area contributed by atoms with Gasteiger partial charge in [0, 0.05) is 30.6 Å². The van der Waals surface area contributed by atoms with Gasteiger partial charge in [0.1, 0.15) is 5.82 Å². The van der Waals surface area contributed by atoms with Gasteiger partial charge in [-0.15, -0.1) is 0 Å². The minimum atomic E-state index is 0.0399. The van der Waals surface area contributed by atoms with Crippen LogP contribution in [0.4, 0.5) is 0 Å². The van der Waals surface area contributed by atoms with Gasteiger partial charge >= 0.3 is 0 Å². The van der Waals surface area contributed by atoms with Gasteiger partial charge in [-0.3, -0.25) is 4.57 Å². The summed E-state index contributed by atoms with van der Waals surface area (Å²) >= 11 is 0. The van der Waals surface area contributed by atoms with E-state index in [-0.39, 0.29) is 5.41 Å². The number of nitrogens with zero attached hydrogens (tertiary/aromatic N) is 2. The van der Waals surface area contributed by atoms with E-state index in [0.717, 1.165) is 25.9 Å². The molecule has 0 bridgehead atoms. The van der Waals surface area contributed by atoms with Crippen molar-refractivity contribution < 1.29 is 0 Å². The number of imidazole rings is 1. The lowest BCUT2D eigenvalue weighted by Gasteiger charge is -2.23. The van der Waals surface area contributed by atoms with Crippen molar-refractivity contribution in [3.05, 3.63) is 47.0 Å². The number of benzene rings is 1. The molecule has 0 saturated heterocycles. The molecule has 1 N–H and O–H groups in total. The van der Waals surface area contributed by atoms with Crippen LogP contribution in [0.25, 0.3) is 5.69 Å². The van der Waals surface area contributed by atoms with Crippen molar-refractivity contribution in [1.82, 2.24) is 14.9 Å². The summed E-state index contributed by atoms with van der Waals surface area (Å²) in [7, 11) is 0. The number of para-hydroxylation sites is 1. The number of aryl methyl sites for hydroxylation is 1. The molecule has 0 unspecified atom stereocenters. The second-order valence-corrected chi connectivity index (χ2v) is 6.82. The molecule has 0 amide bonds. The lowest BCUT2D eigenvalue weighted by Crippen LogP contribution is -2.25. The van der Waals surface area contributed by atoms with Gasteiger partial charge in [-0.2, -0.15) is 0 Å². The van der Waals surface area contributed by atoms with Crippen LogP contribution in [-0.4, -0.2) is 16.1 Å². The third kappa shape index (κ3) is 2.51. The summed E-state index contributed by atoms with van der Waals surface area (Å²) < 4.78 is 2.43. The molecule has 1 aromatic heterocycles. The van der Waals surface area contributed by atoms with Gasteiger partial charge in [0.25, 0.3) is 0 Å². The highest BCUT2D eigenvalue weighted by atomic mass is 15.1. The fraction of sp³-hybridized carbons (Fsp3) is 0.500. The number of hydrogen-bond donors (Lipinski definition) is 1. The third-order valence-electron chi connectivity index (χ3n) is 4.17. The first kappa shape index (κ1) is 14.3. The molecule has 0 fully saturated rings. The summed E-state index contributed by atoms with van der Waals surface area (Å²) in [5.41, 5.74) is 5.34. The number of hydrogen-bond acceptors (Lipinski definition) is 2. The maximum atomic E-state index is 4.97. The second-order valence-electron chi connectivity index (χ2n) is 6.82.